The Morgan fingerprint density at radius 1 is 1.37 bits per heavy atom. The van der Waals surface area contributed by atoms with Crippen LogP contribution in [-0.4, -0.2) is 53.5 Å². The first-order valence-electron chi connectivity index (χ1n) is 6.71. The van der Waals surface area contributed by atoms with E-state index < -0.39 is 6.10 Å². The Morgan fingerprint density at radius 2 is 2.11 bits per heavy atom. The predicted octanol–water partition coefficient (Wildman–Crippen LogP) is 1.57. The number of aliphatic hydroxyl groups is 2. The number of hydrogen-bond acceptors (Lipinski definition) is 4. The van der Waals surface area contributed by atoms with Crippen molar-refractivity contribution in [2.24, 2.45) is 0 Å². The third-order valence-corrected chi connectivity index (χ3v) is 3.59. The number of likely N-dealkylation sites (tertiary alicyclic amines) is 1. The summed E-state index contributed by atoms with van der Waals surface area (Å²) in [7, 11) is 0. The van der Waals surface area contributed by atoms with E-state index in [1.165, 1.54) is 0 Å². The molecule has 1 aliphatic rings. The van der Waals surface area contributed by atoms with E-state index in [0.29, 0.717) is 24.7 Å². The molecule has 2 atom stereocenters. The standard InChI is InChI=1S/C14H21ClN2O2/c15-11-3-5-12(6-4-11)16-8-14(19)10-17-7-1-2-13(18)9-17/h3-6,13-14,16,18-19H,1-2,7-10H2/t13-,14-/m0/s1. The lowest BCUT2D eigenvalue weighted by molar-refractivity contribution is 0.0428. The Bertz CT molecular complexity index is 386. The molecule has 0 aliphatic carbocycles. The van der Waals surface area contributed by atoms with Gasteiger partial charge in [0.2, 0.25) is 0 Å². The summed E-state index contributed by atoms with van der Waals surface area (Å²) in [6.45, 7) is 2.71. The van der Waals surface area contributed by atoms with E-state index in [1.807, 2.05) is 24.3 Å². The summed E-state index contributed by atoms with van der Waals surface area (Å²) in [5.74, 6) is 0. The Morgan fingerprint density at radius 3 is 2.79 bits per heavy atom. The number of nitrogens with zero attached hydrogens (tertiary/aromatic N) is 1. The highest BCUT2D eigenvalue weighted by atomic mass is 35.5. The SMILES string of the molecule is O[C@H]1CCCN(C[C@@H](O)CNc2ccc(Cl)cc2)C1. The summed E-state index contributed by atoms with van der Waals surface area (Å²) in [6, 6.07) is 7.41. The Balaban J connectivity index is 1.72. The average Bonchev–Trinajstić information content (AvgIpc) is 2.38. The topological polar surface area (TPSA) is 55.7 Å². The molecule has 1 aromatic carbocycles. The largest absolute Gasteiger partial charge is 0.392 e. The van der Waals surface area contributed by atoms with Crippen LogP contribution in [0.15, 0.2) is 24.3 Å². The summed E-state index contributed by atoms with van der Waals surface area (Å²) < 4.78 is 0. The lowest BCUT2D eigenvalue weighted by Gasteiger charge is -2.31. The van der Waals surface area contributed by atoms with Gasteiger partial charge in [-0.15, -0.1) is 0 Å². The predicted molar refractivity (Wildman–Crippen MR) is 77.6 cm³/mol. The maximum absolute atomic E-state index is 9.99. The average molecular weight is 285 g/mol. The molecule has 106 valence electrons. The van der Waals surface area contributed by atoms with Crippen molar-refractivity contribution < 1.29 is 10.2 Å². The highest BCUT2D eigenvalue weighted by molar-refractivity contribution is 6.30. The molecule has 19 heavy (non-hydrogen) atoms. The number of piperidine rings is 1. The minimum Gasteiger partial charge on any atom is -0.392 e. The third-order valence-electron chi connectivity index (χ3n) is 3.34. The molecule has 2 rings (SSSR count). The fourth-order valence-electron chi connectivity index (χ4n) is 2.36. The van der Waals surface area contributed by atoms with Gasteiger partial charge < -0.3 is 15.5 Å². The first kappa shape index (κ1) is 14.6. The number of hydrogen-bond donors (Lipinski definition) is 3. The highest BCUT2D eigenvalue weighted by Crippen LogP contribution is 2.14. The number of halogens is 1. The second-order valence-electron chi connectivity index (χ2n) is 5.10. The summed E-state index contributed by atoms with van der Waals surface area (Å²) in [6.07, 6.45) is 1.18. The van der Waals surface area contributed by atoms with Crippen LogP contribution < -0.4 is 5.32 Å². The highest BCUT2D eigenvalue weighted by Gasteiger charge is 2.19. The maximum atomic E-state index is 9.99. The second kappa shape index (κ2) is 7.10. The molecule has 1 aromatic rings. The van der Waals surface area contributed by atoms with Crippen molar-refractivity contribution in [3.8, 4) is 0 Å². The van der Waals surface area contributed by atoms with E-state index >= 15 is 0 Å². The zero-order valence-electron chi connectivity index (χ0n) is 10.9. The van der Waals surface area contributed by atoms with Gasteiger partial charge in [0.05, 0.1) is 12.2 Å². The molecule has 5 heteroatoms. The molecule has 1 fully saturated rings. The molecule has 0 radical (unpaired) electrons. The van der Waals surface area contributed by atoms with Gasteiger partial charge in [-0.25, -0.2) is 0 Å². The molecule has 3 N–H and O–H groups in total. The van der Waals surface area contributed by atoms with Crippen molar-refractivity contribution in [3.63, 3.8) is 0 Å². The van der Waals surface area contributed by atoms with Crippen LogP contribution in [0.2, 0.25) is 5.02 Å². The van der Waals surface area contributed by atoms with Crippen molar-refractivity contribution in [2.75, 3.05) is 31.5 Å². The number of aliphatic hydroxyl groups excluding tert-OH is 2. The number of benzene rings is 1. The summed E-state index contributed by atoms with van der Waals surface area (Å²) in [4.78, 5) is 2.11. The normalized spacial score (nSPS) is 22.2. The first-order valence-corrected chi connectivity index (χ1v) is 7.09. The monoisotopic (exact) mass is 284 g/mol. The number of β-amino-alcohol motifs (C(OH)–C–C–N with tert-alkyl or cyclic N) is 2. The lowest BCUT2D eigenvalue weighted by atomic mass is 10.1. The van der Waals surface area contributed by atoms with E-state index in [9.17, 15) is 10.2 Å². The molecular formula is C14H21ClN2O2. The maximum Gasteiger partial charge on any atom is 0.0839 e. The molecule has 0 saturated carbocycles. The fraction of sp³-hybridized carbons (Fsp3) is 0.571. The van der Waals surface area contributed by atoms with E-state index in [4.69, 9.17) is 11.6 Å². The van der Waals surface area contributed by atoms with Crippen molar-refractivity contribution in [3.05, 3.63) is 29.3 Å². The minimum absolute atomic E-state index is 0.245. The number of rotatable bonds is 5. The zero-order valence-corrected chi connectivity index (χ0v) is 11.7. The molecule has 1 aliphatic heterocycles. The molecule has 0 unspecified atom stereocenters. The van der Waals surface area contributed by atoms with Crippen LogP contribution in [0, 0.1) is 0 Å². The lowest BCUT2D eigenvalue weighted by Crippen LogP contribution is -2.43. The van der Waals surface area contributed by atoms with E-state index in [1.54, 1.807) is 0 Å². The summed E-state index contributed by atoms with van der Waals surface area (Å²) in [5.41, 5.74) is 0.946. The molecule has 4 nitrogen and oxygen atoms in total. The second-order valence-corrected chi connectivity index (χ2v) is 5.53. The van der Waals surface area contributed by atoms with E-state index in [0.717, 1.165) is 25.1 Å². The van der Waals surface area contributed by atoms with Crippen LogP contribution >= 0.6 is 11.6 Å². The van der Waals surface area contributed by atoms with Crippen LogP contribution in [0.3, 0.4) is 0 Å². The van der Waals surface area contributed by atoms with Gasteiger partial charge in [0, 0.05) is 30.3 Å². The molecular weight excluding hydrogens is 264 g/mol. The fourth-order valence-corrected chi connectivity index (χ4v) is 2.49. The summed E-state index contributed by atoms with van der Waals surface area (Å²) >= 11 is 5.81. The summed E-state index contributed by atoms with van der Waals surface area (Å²) in [5, 5.41) is 23.4. The van der Waals surface area contributed by atoms with E-state index in [2.05, 4.69) is 10.2 Å². The van der Waals surface area contributed by atoms with Gasteiger partial charge in [-0.3, -0.25) is 4.90 Å². The Labute approximate surface area is 119 Å². The van der Waals surface area contributed by atoms with E-state index in [-0.39, 0.29) is 6.10 Å². The van der Waals surface area contributed by atoms with Gasteiger partial charge in [-0.05, 0) is 43.7 Å². The third kappa shape index (κ3) is 4.99. The van der Waals surface area contributed by atoms with Gasteiger partial charge in [0.1, 0.15) is 0 Å². The van der Waals surface area contributed by atoms with Crippen molar-refractivity contribution in [2.45, 2.75) is 25.0 Å². The van der Waals surface area contributed by atoms with Gasteiger partial charge in [0.15, 0.2) is 0 Å². The number of nitrogens with one attached hydrogen (secondary N) is 1. The first-order chi connectivity index (χ1) is 9.13. The van der Waals surface area contributed by atoms with Crippen molar-refractivity contribution in [1.82, 2.24) is 4.90 Å². The van der Waals surface area contributed by atoms with Gasteiger partial charge in [0.25, 0.3) is 0 Å². The molecule has 0 spiro atoms. The number of anilines is 1. The molecule has 0 bridgehead atoms. The van der Waals surface area contributed by atoms with Gasteiger partial charge >= 0.3 is 0 Å². The molecule has 1 saturated heterocycles. The Kier molecular flexibility index (Phi) is 5.45. The van der Waals surface area contributed by atoms with Crippen LogP contribution in [0.4, 0.5) is 5.69 Å². The van der Waals surface area contributed by atoms with Crippen LogP contribution in [0.1, 0.15) is 12.8 Å². The minimum atomic E-state index is -0.444. The van der Waals surface area contributed by atoms with Gasteiger partial charge in [-0.1, -0.05) is 11.6 Å². The van der Waals surface area contributed by atoms with Crippen molar-refractivity contribution in [1.29, 1.82) is 0 Å². The smallest absolute Gasteiger partial charge is 0.0839 e. The van der Waals surface area contributed by atoms with Crippen LogP contribution in [-0.2, 0) is 0 Å². The zero-order chi connectivity index (χ0) is 13.7. The van der Waals surface area contributed by atoms with Gasteiger partial charge in [-0.2, -0.15) is 0 Å². The van der Waals surface area contributed by atoms with Crippen molar-refractivity contribution >= 4 is 17.3 Å². The quantitative estimate of drug-likeness (QED) is 0.768. The molecule has 0 amide bonds. The molecule has 0 aromatic heterocycles. The molecule has 1 heterocycles. The van der Waals surface area contributed by atoms with Crippen LogP contribution in [0.5, 0.6) is 0 Å². The van der Waals surface area contributed by atoms with Crippen LogP contribution in [0.25, 0.3) is 0 Å². The Hall–Kier alpha value is -0.810.